The van der Waals surface area contributed by atoms with Crippen molar-refractivity contribution < 1.29 is 19.7 Å². The lowest BCUT2D eigenvalue weighted by molar-refractivity contribution is -0.151. The van der Waals surface area contributed by atoms with Gasteiger partial charge in [-0.3, -0.25) is 0 Å². The number of hydrogen-bond donors (Lipinski definition) is 2. The number of rotatable bonds is 6. The third-order valence-electron chi connectivity index (χ3n) is 2.33. The van der Waals surface area contributed by atoms with E-state index in [0.29, 0.717) is 17.0 Å². The Morgan fingerprint density at radius 3 is 2.76 bits per heavy atom. The molecule has 0 saturated carbocycles. The Hall–Kier alpha value is -1.10. The summed E-state index contributed by atoms with van der Waals surface area (Å²) >= 11 is 5.81. The van der Waals surface area contributed by atoms with Crippen LogP contribution in [0, 0.1) is 6.92 Å². The Morgan fingerprint density at radius 2 is 2.24 bits per heavy atom. The van der Waals surface area contributed by atoms with Crippen LogP contribution < -0.4 is 0 Å². The lowest BCUT2D eigenvalue weighted by Crippen LogP contribution is -2.17. The lowest BCUT2D eigenvalue weighted by Gasteiger charge is -2.16. The number of carbonyl (C=O) groups is 1. The van der Waals surface area contributed by atoms with Gasteiger partial charge in [-0.15, -0.1) is 0 Å². The predicted molar refractivity (Wildman–Crippen MR) is 64.2 cm³/mol. The van der Waals surface area contributed by atoms with E-state index in [-0.39, 0.29) is 13.2 Å². The molecule has 2 N–H and O–H groups in total. The largest absolute Gasteiger partial charge is 0.479 e. The molecule has 4 nitrogen and oxygen atoms in total. The molecule has 5 heteroatoms. The molecule has 0 amide bonds. The van der Waals surface area contributed by atoms with Crippen LogP contribution in [0.25, 0.3) is 0 Å². The van der Waals surface area contributed by atoms with Gasteiger partial charge in [0.1, 0.15) is 0 Å². The van der Waals surface area contributed by atoms with Gasteiger partial charge in [-0.05, 0) is 36.6 Å². The molecular formula is C12H15ClO4. The standard InChI is InChI=1S/C12H15ClO4/c1-8-7-9(13)3-4-10(8)11(12(15)16)17-6-2-5-14/h3-4,7,11,14H,2,5-6H2,1H3,(H,15,16). The zero-order chi connectivity index (χ0) is 12.8. The van der Waals surface area contributed by atoms with Crippen LogP contribution in [0.15, 0.2) is 18.2 Å². The highest BCUT2D eigenvalue weighted by Gasteiger charge is 2.22. The van der Waals surface area contributed by atoms with E-state index >= 15 is 0 Å². The summed E-state index contributed by atoms with van der Waals surface area (Å²) in [5.74, 6) is -1.05. The van der Waals surface area contributed by atoms with Gasteiger partial charge in [0.2, 0.25) is 0 Å². The maximum atomic E-state index is 11.1. The van der Waals surface area contributed by atoms with Crippen molar-refractivity contribution in [3.05, 3.63) is 34.3 Å². The van der Waals surface area contributed by atoms with Crippen molar-refractivity contribution in [1.29, 1.82) is 0 Å². The molecule has 0 fully saturated rings. The lowest BCUT2D eigenvalue weighted by atomic mass is 10.0. The Bertz CT molecular complexity index is 392. The third kappa shape index (κ3) is 4.00. The maximum Gasteiger partial charge on any atom is 0.337 e. The van der Waals surface area contributed by atoms with Crippen LogP contribution in [0.3, 0.4) is 0 Å². The van der Waals surface area contributed by atoms with Crippen molar-refractivity contribution in [2.24, 2.45) is 0 Å². The van der Waals surface area contributed by atoms with E-state index in [1.807, 2.05) is 0 Å². The van der Waals surface area contributed by atoms with E-state index in [0.717, 1.165) is 5.56 Å². The highest BCUT2D eigenvalue weighted by Crippen LogP contribution is 2.24. The number of benzene rings is 1. The summed E-state index contributed by atoms with van der Waals surface area (Å²) < 4.78 is 5.25. The fraction of sp³-hybridized carbons (Fsp3) is 0.417. The monoisotopic (exact) mass is 258 g/mol. The first kappa shape index (κ1) is 14.0. The van der Waals surface area contributed by atoms with Crippen LogP contribution in [-0.4, -0.2) is 29.4 Å². The van der Waals surface area contributed by atoms with Crippen molar-refractivity contribution in [3.63, 3.8) is 0 Å². The number of aryl methyl sites for hydroxylation is 1. The number of carboxylic acid groups (broad SMARTS) is 1. The summed E-state index contributed by atoms with van der Waals surface area (Å²) in [6.07, 6.45) is -0.602. The van der Waals surface area contributed by atoms with E-state index < -0.39 is 12.1 Å². The SMILES string of the molecule is Cc1cc(Cl)ccc1C(OCCCO)C(=O)O. The van der Waals surface area contributed by atoms with Crippen molar-refractivity contribution in [2.75, 3.05) is 13.2 Å². The van der Waals surface area contributed by atoms with Gasteiger partial charge in [0.15, 0.2) is 6.10 Å². The van der Waals surface area contributed by atoms with Crippen molar-refractivity contribution in [3.8, 4) is 0 Å². The molecule has 0 aliphatic rings. The second-order valence-corrected chi connectivity index (χ2v) is 4.10. The van der Waals surface area contributed by atoms with Crippen LogP contribution in [-0.2, 0) is 9.53 Å². The predicted octanol–water partition coefficient (Wildman–Crippen LogP) is 2.17. The van der Waals surface area contributed by atoms with Crippen LogP contribution in [0.4, 0.5) is 0 Å². The molecule has 0 saturated heterocycles. The average Bonchev–Trinajstić information content (AvgIpc) is 2.25. The number of halogens is 1. The summed E-state index contributed by atoms with van der Waals surface area (Å²) in [5.41, 5.74) is 1.36. The molecule has 0 radical (unpaired) electrons. The van der Waals surface area contributed by atoms with Crippen molar-refractivity contribution >= 4 is 17.6 Å². The first-order valence-electron chi connectivity index (χ1n) is 5.27. The normalized spacial score (nSPS) is 12.4. The number of aliphatic carboxylic acids is 1. The first-order valence-corrected chi connectivity index (χ1v) is 5.65. The summed E-state index contributed by atoms with van der Waals surface area (Å²) in [5, 5.41) is 18.3. The molecule has 17 heavy (non-hydrogen) atoms. The zero-order valence-corrected chi connectivity index (χ0v) is 10.3. The first-order chi connectivity index (χ1) is 8.06. The summed E-state index contributed by atoms with van der Waals surface area (Å²) in [4.78, 5) is 11.1. The maximum absolute atomic E-state index is 11.1. The summed E-state index contributed by atoms with van der Waals surface area (Å²) in [6, 6.07) is 4.98. The van der Waals surface area contributed by atoms with Crippen LogP contribution >= 0.6 is 11.6 Å². The van der Waals surface area contributed by atoms with Gasteiger partial charge >= 0.3 is 5.97 Å². The van der Waals surface area contributed by atoms with Gasteiger partial charge in [-0.2, -0.15) is 0 Å². The fourth-order valence-corrected chi connectivity index (χ4v) is 1.72. The molecule has 0 aliphatic carbocycles. The summed E-state index contributed by atoms with van der Waals surface area (Å²) in [7, 11) is 0. The number of aliphatic hydroxyl groups is 1. The van der Waals surface area contributed by atoms with E-state index in [9.17, 15) is 4.79 Å². The molecule has 1 aromatic rings. The van der Waals surface area contributed by atoms with E-state index in [4.69, 9.17) is 26.6 Å². The highest BCUT2D eigenvalue weighted by atomic mass is 35.5. The topological polar surface area (TPSA) is 66.8 Å². The van der Waals surface area contributed by atoms with Crippen LogP contribution in [0.2, 0.25) is 5.02 Å². The Morgan fingerprint density at radius 1 is 1.53 bits per heavy atom. The number of carboxylic acids is 1. The Kier molecular flexibility index (Phi) is 5.41. The minimum Gasteiger partial charge on any atom is -0.479 e. The van der Waals surface area contributed by atoms with E-state index in [2.05, 4.69) is 0 Å². The number of hydrogen-bond acceptors (Lipinski definition) is 3. The van der Waals surface area contributed by atoms with Gasteiger partial charge in [-0.1, -0.05) is 17.7 Å². The smallest absolute Gasteiger partial charge is 0.337 e. The van der Waals surface area contributed by atoms with Gasteiger partial charge in [0.05, 0.1) is 6.61 Å². The molecule has 1 aromatic carbocycles. The molecular weight excluding hydrogens is 244 g/mol. The Balaban J connectivity index is 2.86. The van der Waals surface area contributed by atoms with Crippen molar-refractivity contribution in [2.45, 2.75) is 19.4 Å². The number of aliphatic hydroxyl groups excluding tert-OH is 1. The quantitative estimate of drug-likeness (QED) is 0.768. The molecule has 1 rings (SSSR count). The molecule has 0 aliphatic heterocycles. The van der Waals surface area contributed by atoms with Gasteiger partial charge < -0.3 is 14.9 Å². The molecule has 1 atom stereocenters. The van der Waals surface area contributed by atoms with E-state index in [1.165, 1.54) is 0 Å². The summed E-state index contributed by atoms with van der Waals surface area (Å²) in [6.45, 7) is 1.97. The molecule has 0 spiro atoms. The van der Waals surface area contributed by atoms with Crippen LogP contribution in [0.5, 0.6) is 0 Å². The molecule has 0 bridgehead atoms. The second kappa shape index (κ2) is 6.59. The minimum absolute atomic E-state index is 0.0219. The third-order valence-corrected chi connectivity index (χ3v) is 2.56. The minimum atomic E-state index is -1.05. The van der Waals surface area contributed by atoms with Gasteiger partial charge in [-0.25, -0.2) is 4.79 Å². The average molecular weight is 259 g/mol. The highest BCUT2D eigenvalue weighted by molar-refractivity contribution is 6.30. The van der Waals surface area contributed by atoms with E-state index in [1.54, 1.807) is 25.1 Å². The van der Waals surface area contributed by atoms with Gasteiger partial charge in [0.25, 0.3) is 0 Å². The second-order valence-electron chi connectivity index (χ2n) is 3.67. The molecule has 94 valence electrons. The van der Waals surface area contributed by atoms with Crippen molar-refractivity contribution in [1.82, 2.24) is 0 Å². The molecule has 1 unspecified atom stereocenters. The fourth-order valence-electron chi connectivity index (χ4n) is 1.49. The Labute approximate surface area is 105 Å². The van der Waals surface area contributed by atoms with Gasteiger partial charge in [0, 0.05) is 11.6 Å². The van der Waals surface area contributed by atoms with Crippen LogP contribution in [0.1, 0.15) is 23.7 Å². The molecule has 0 heterocycles. The molecule has 0 aromatic heterocycles. The number of ether oxygens (including phenoxy) is 1. The zero-order valence-electron chi connectivity index (χ0n) is 9.52.